The average molecular weight is 283 g/mol. The number of aromatic nitrogens is 2. The van der Waals surface area contributed by atoms with Gasteiger partial charge >= 0.3 is 5.69 Å². The van der Waals surface area contributed by atoms with Crippen LogP contribution in [0.15, 0.2) is 0 Å². The maximum atomic E-state index is 12.0. The van der Waals surface area contributed by atoms with E-state index in [0.717, 1.165) is 13.1 Å². The number of nitrogens with zero attached hydrogens (tertiary/aromatic N) is 4. The van der Waals surface area contributed by atoms with Crippen molar-refractivity contribution in [2.75, 3.05) is 26.2 Å². The zero-order chi connectivity index (χ0) is 15.3. The highest BCUT2D eigenvalue weighted by atomic mass is 16.6. The van der Waals surface area contributed by atoms with Gasteiger partial charge in [0.25, 0.3) is 5.91 Å². The van der Waals surface area contributed by atoms with E-state index in [0.29, 0.717) is 18.8 Å². The Balaban J connectivity index is 2.73. The minimum atomic E-state index is -0.568. The molecule has 0 fully saturated rings. The Labute approximate surface area is 117 Å². The second kappa shape index (κ2) is 6.99. The van der Waals surface area contributed by atoms with Crippen LogP contribution in [-0.2, 0) is 7.05 Å². The molecule has 1 aromatic heterocycles. The smallest absolute Gasteiger partial charge is 0.322 e. The van der Waals surface area contributed by atoms with E-state index in [4.69, 9.17) is 0 Å². The van der Waals surface area contributed by atoms with Crippen LogP contribution in [0.2, 0.25) is 0 Å². The number of likely N-dealkylation sites (N-methyl/N-ethyl adjacent to an activating group) is 1. The number of amides is 1. The van der Waals surface area contributed by atoms with Gasteiger partial charge in [-0.1, -0.05) is 13.8 Å². The van der Waals surface area contributed by atoms with Crippen molar-refractivity contribution in [1.82, 2.24) is 20.0 Å². The number of aryl methyl sites for hydroxylation is 1. The van der Waals surface area contributed by atoms with Crippen LogP contribution in [0.5, 0.6) is 0 Å². The molecule has 1 amide bonds. The molecule has 112 valence electrons. The summed E-state index contributed by atoms with van der Waals surface area (Å²) in [5.41, 5.74) is 0.00581. The summed E-state index contributed by atoms with van der Waals surface area (Å²) in [5, 5.41) is 17.6. The first-order chi connectivity index (χ1) is 9.42. The van der Waals surface area contributed by atoms with Crippen LogP contribution < -0.4 is 5.32 Å². The van der Waals surface area contributed by atoms with Gasteiger partial charge in [0.1, 0.15) is 5.69 Å². The molecule has 0 unspecified atom stereocenters. The Morgan fingerprint density at radius 1 is 1.45 bits per heavy atom. The number of carbonyl (C=O) groups excluding carboxylic acids is 1. The predicted molar refractivity (Wildman–Crippen MR) is 74.7 cm³/mol. The van der Waals surface area contributed by atoms with E-state index >= 15 is 0 Å². The monoisotopic (exact) mass is 283 g/mol. The van der Waals surface area contributed by atoms with Crippen LogP contribution >= 0.6 is 0 Å². The topological polar surface area (TPSA) is 93.3 Å². The highest BCUT2D eigenvalue weighted by molar-refractivity contribution is 5.96. The molecule has 8 heteroatoms. The maximum Gasteiger partial charge on any atom is 0.322 e. The third-order valence-electron chi connectivity index (χ3n) is 3.31. The summed E-state index contributed by atoms with van der Waals surface area (Å²) in [4.78, 5) is 24.6. The molecular formula is C12H21N5O3. The van der Waals surface area contributed by atoms with Gasteiger partial charge in [0.2, 0.25) is 5.69 Å². The van der Waals surface area contributed by atoms with Crippen molar-refractivity contribution < 1.29 is 9.72 Å². The first-order valence-corrected chi connectivity index (χ1v) is 6.60. The fourth-order valence-electron chi connectivity index (χ4n) is 1.92. The van der Waals surface area contributed by atoms with Crippen molar-refractivity contribution in [1.29, 1.82) is 0 Å². The molecule has 8 nitrogen and oxygen atoms in total. The predicted octanol–water partition coefficient (Wildman–Crippen LogP) is 0.708. The largest absolute Gasteiger partial charge is 0.349 e. The SMILES string of the molecule is CCN(CC)CCNC(=O)c1nn(C)c(C)c1[N+](=O)[O-]. The second-order valence-electron chi connectivity index (χ2n) is 4.45. The lowest BCUT2D eigenvalue weighted by atomic mass is 10.3. The van der Waals surface area contributed by atoms with Gasteiger partial charge in [0.05, 0.1) is 4.92 Å². The van der Waals surface area contributed by atoms with Crippen LogP contribution in [0.25, 0.3) is 0 Å². The highest BCUT2D eigenvalue weighted by Gasteiger charge is 2.28. The first kappa shape index (κ1) is 16.1. The van der Waals surface area contributed by atoms with E-state index in [1.54, 1.807) is 14.0 Å². The molecule has 0 aliphatic carbocycles. The molecule has 1 N–H and O–H groups in total. The minimum absolute atomic E-state index is 0.130. The fraction of sp³-hybridized carbons (Fsp3) is 0.667. The number of rotatable bonds is 7. The maximum absolute atomic E-state index is 12.0. The van der Waals surface area contributed by atoms with Crippen molar-refractivity contribution in [3.05, 3.63) is 21.5 Å². The van der Waals surface area contributed by atoms with Crippen molar-refractivity contribution in [3.8, 4) is 0 Å². The third kappa shape index (κ3) is 3.53. The number of hydrogen-bond donors (Lipinski definition) is 1. The average Bonchev–Trinajstić information content (AvgIpc) is 2.71. The van der Waals surface area contributed by atoms with Gasteiger partial charge in [-0.25, -0.2) is 0 Å². The molecule has 20 heavy (non-hydrogen) atoms. The van der Waals surface area contributed by atoms with Gasteiger partial charge in [0, 0.05) is 20.1 Å². The molecule has 0 aromatic carbocycles. The molecular weight excluding hydrogens is 262 g/mol. The lowest BCUT2D eigenvalue weighted by molar-refractivity contribution is -0.385. The third-order valence-corrected chi connectivity index (χ3v) is 3.31. The van der Waals surface area contributed by atoms with Gasteiger partial charge in [-0.3, -0.25) is 19.6 Å². The standard InChI is InChI=1S/C12H21N5O3/c1-5-16(6-2)8-7-13-12(18)10-11(17(19)20)9(3)15(4)14-10/h5-8H2,1-4H3,(H,13,18). The molecule has 0 radical (unpaired) electrons. The van der Waals surface area contributed by atoms with Gasteiger partial charge in [-0.05, 0) is 20.0 Å². The zero-order valence-corrected chi connectivity index (χ0v) is 12.3. The summed E-state index contributed by atoms with van der Waals surface area (Å²) in [6.07, 6.45) is 0. The van der Waals surface area contributed by atoms with Gasteiger partial charge in [0.15, 0.2) is 0 Å². The number of nitro groups is 1. The van der Waals surface area contributed by atoms with E-state index in [1.807, 2.05) is 13.8 Å². The molecule has 0 saturated heterocycles. The van der Waals surface area contributed by atoms with Crippen molar-refractivity contribution in [3.63, 3.8) is 0 Å². The summed E-state index contributed by atoms with van der Waals surface area (Å²) < 4.78 is 1.34. The van der Waals surface area contributed by atoms with E-state index < -0.39 is 10.8 Å². The highest BCUT2D eigenvalue weighted by Crippen LogP contribution is 2.21. The van der Waals surface area contributed by atoms with E-state index in [2.05, 4.69) is 15.3 Å². The van der Waals surface area contributed by atoms with E-state index in [-0.39, 0.29) is 11.4 Å². The lowest BCUT2D eigenvalue weighted by Crippen LogP contribution is -2.35. The molecule has 0 atom stereocenters. The Hall–Kier alpha value is -1.96. The molecule has 0 bridgehead atoms. The quantitative estimate of drug-likeness (QED) is 0.587. The van der Waals surface area contributed by atoms with Gasteiger partial charge in [-0.15, -0.1) is 0 Å². The van der Waals surface area contributed by atoms with Crippen LogP contribution in [0.1, 0.15) is 30.0 Å². The Morgan fingerprint density at radius 3 is 2.55 bits per heavy atom. The Morgan fingerprint density at radius 2 is 2.05 bits per heavy atom. The number of carbonyl (C=O) groups is 1. The summed E-state index contributed by atoms with van der Waals surface area (Å²) >= 11 is 0. The minimum Gasteiger partial charge on any atom is -0.349 e. The summed E-state index contributed by atoms with van der Waals surface area (Å²) in [7, 11) is 1.58. The summed E-state index contributed by atoms with van der Waals surface area (Å²) in [6, 6.07) is 0. The summed E-state index contributed by atoms with van der Waals surface area (Å²) in [5.74, 6) is -0.507. The van der Waals surface area contributed by atoms with Crippen LogP contribution in [-0.4, -0.2) is 51.7 Å². The van der Waals surface area contributed by atoms with Crippen LogP contribution in [0.3, 0.4) is 0 Å². The normalized spacial score (nSPS) is 10.8. The van der Waals surface area contributed by atoms with Crippen LogP contribution in [0.4, 0.5) is 5.69 Å². The van der Waals surface area contributed by atoms with Crippen molar-refractivity contribution >= 4 is 11.6 Å². The zero-order valence-electron chi connectivity index (χ0n) is 12.3. The molecule has 1 aromatic rings. The first-order valence-electron chi connectivity index (χ1n) is 6.60. The Kier molecular flexibility index (Phi) is 5.63. The number of hydrogen-bond acceptors (Lipinski definition) is 5. The lowest BCUT2D eigenvalue weighted by Gasteiger charge is -2.17. The molecule has 0 aliphatic rings. The molecule has 1 rings (SSSR count). The summed E-state index contributed by atoms with van der Waals surface area (Å²) in [6.45, 7) is 8.59. The fourth-order valence-corrected chi connectivity index (χ4v) is 1.92. The van der Waals surface area contributed by atoms with Crippen molar-refractivity contribution in [2.45, 2.75) is 20.8 Å². The van der Waals surface area contributed by atoms with Crippen molar-refractivity contribution in [2.24, 2.45) is 7.05 Å². The molecule has 0 saturated carbocycles. The molecule has 0 spiro atoms. The molecule has 1 heterocycles. The number of nitrogens with one attached hydrogen (secondary N) is 1. The van der Waals surface area contributed by atoms with E-state index in [9.17, 15) is 14.9 Å². The second-order valence-corrected chi connectivity index (χ2v) is 4.45. The van der Waals surface area contributed by atoms with Crippen LogP contribution in [0, 0.1) is 17.0 Å². The van der Waals surface area contributed by atoms with Gasteiger partial charge < -0.3 is 10.2 Å². The van der Waals surface area contributed by atoms with Gasteiger partial charge in [-0.2, -0.15) is 5.10 Å². The van der Waals surface area contributed by atoms with E-state index in [1.165, 1.54) is 4.68 Å². The molecule has 0 aliphatic heterocycles. The Bertz CT molecular complexity index is 494.